The van der Waals surface area contributed by atoms with E-state index in [0.29, 0.717) is 0 Å². The first-order chi connectivity index (χ1) is 8.24. The molecule has 1 aromatic heterocycles. The maximum absolute atomic E-state index is 11.7. The van der Waals surface area contributed by atoms with Gasteiger partial charge in [0.2, 0.25) is 0 Å². The normalized spacial score (nSPS) is 10.5. The Morgan fingerprint density at radius 2 is 2.00 bits per heavy atom. The third kappa shape index (κ3) is 6.13. The van der Waals surface area contributed by atoms with Crippen molar-refractivity contribution < 1.29 is 4.79 Å². The number of nitrogens with one attached hydrogen (secondary N) is 1. The van der Waals surface area contributed by atoms with E-state index < -0.39 is 0 Å². The Bertz CT molecular complexity index is 336. The van der Waals surface area contributed by atoms with Crippen LogP contribution >= 0.6 is 24.0 Å². The molecule has 1 rings (SSSR count). The van der Waals surface area contributed by atoms with Crippen LogP contribution in [-0.2, 0) is 0 Å². The number of hydrogen-bond acceptors (Lipinski definition) is 3. The Kier molecular flexibility index (Phi) is 7.37. The predicted octanol–water partition coefficient (Wildman–Crippen LogP) is 4.13. The van der Waals surface area contributed by atoms with Crippen LogP contribution in [0.1, 0.15) is 55.1 Å². The van der Waals surface area contributed by atoms with Gasteiger partial charge in [0.25, 0.3) is 5.91 Å². The summed E-state index contributed by atoms with van der Waals surface area (Å²) in [6.07, 6.45) is 7.49. The summed E-state index contributed by atoms with van der Waals surface area (Å²) in [4.78, 5) is 13.3. The van der Waals surface area contributed by atoms with Gasteiger partial charge in [-0.25, -0.2) is 0 Å². The monoisotopic (exact) mass is 271 g/mol. The van der Waals surface area contributed by atoms with E-state index in [-0.39, 0.29) is 5.91 Å². The summed E-state index contributed by atoms with van der Waals surface area (Å²) in [5, 5.41) is 4.82. The molecule has 0 unspecified atom stereocenters. The number of carbonyl (C=O) groups excluding carboxylic acids is 1. The van der Waals surface area contributed by atoms with Crippen molar-refractivity contribution >= 4 is 29.9 Å². The summed E-state index contributed by atoms with van der Waals surface area (Å²) >= 11 is 5.63. The van der Waals surface area contributed by atoms with Crippen molar-refractivity contribution in [1.82, 2.24) is 5.32 Å². The van der Waals surface area contributed by atoms with E-state index in [1.165, 1.54) is 43.4 Å². The van der Waals surface area contributed by atoms with Crippen LogP contribution in [0.2, 0.25) is 0 Å². The first kappa shape index (κ1) is 14.6. The van der Waals surface area contributed by atoms with Crippen molar-refractivity contribution in [3.05, 3.63) is 16.3 Å². The topological polar surface area (TPSA) is 29.1 Å². The number of thiophene rings is 1. The molecule has 0 saturated heterocycles. The van der Waals surface area contributed by atoms with Crippen LogP contribution in [0.4, 0.5) is 0 Å². The SMILES string of the molecule is CCCCCCCCNC(=O)c1cc(S)cs1. The smallest absolute Gasteiger partial charge is 0.261 e. The number of carbonyl (C=O) groups is 1. The summed E-state index contributed by atoms with van der Waals surface area (Å²) in [6, 6.07) is 1.81. The zero-order valence-corrected chi connectivity index (χ0v) is 12.1. The zero-order chi connectivity index (χ0) is 12.5. The molecule has 0 radical (unpaired) electrons. The Morgan fingerprint density at radius 3 is 2.65 bits per heavy atom. The largest absolute Gasteiger partial charge is 0.351 e. The number of amides is 1. The molecule has 1 N–H and O–H groups in total. The summed E-state index contributed by atoms with van der Waals surface area (Å²) in [7, 11) is 0. The van der Waals surface area contributed by atoms with Gasteiger partial charge in [0, 0.05) is 16.8 Å². The molecular formula is C13H21NOS2. The van der Waals surface area contributed by atoms with Gasteiger partial charge in [-0.2, -0.15) is 0 Å². The average molecular weight is 271 g/mol. The standard InChI is InChI=1S/C13H21NOS2/c1-2-3-4-5-6-7-8-14-13(15)12-9-11(16)10-17-12/h9-10,16H,2-8H2,1H3,(H,14,15). The second kappa shape index (κ2) is 8.59. The molecule has 1 heterocycles. The van der Waals surface area contributed by atoms with Gasteiger partial charge < -0.3 is 5.32 Å². The molecule has 96 valence electrons. The Hall–Kier alpha value is -0.480. The quantitative estimate of drug-likeness (QED) is 0.540. The molecule has 0 spiro atoms. The van der Waals surface area contributed by atoms with Crippen LogP contribution in [0.25, 0.3) is 0 Å². The highest BCUT2D eigenvalue weighted by Crippen LogP contribution is 2.17. The van der Waals surface area contributed by atoms with Gasteiger partial charge in [0.1, 0.15) is 0 Å². The van der Waals surface area contributed by atoms with Gasteiger partial charge >= 0.3 is 0 Å². The van der Waals surface area contributed by atoms with Crippen LogP contribution in [0, 0.1) is 0 Å². The van der Waals surface area contributed by atoms with Gasteiger partial charge in [-0.3, -0.25) is 4.79 Å². The van der Waals surface area contributed by atoms with E-state index in [2.05, 4.69) is 24.9 Å². The highest BCUT2D eigenvalue weighted by Gasteiger charge is 2.06. The minimum absolute atomic E-state index is 0.0314. The highest BCUT2D eigenvalue weighted by molar-refractivity contribution is 7.80. The van der Waals surface area contributed by atoms with Crippen molar-refractivity contribution in [3.8, 4) is 0 Å². The molecular weight excluding hydrogens is 250 g/mol. The van der Waals surface area contributed by atoms with Crippen molar-refractivity contribution in [2.75, 3.05) is 6.54 Å². The maximum Gasteiger partial charge on any atom is 0.261 e. The molecule has 4 heteroatoms. The third-order valence-corrected chi connectivity index (χ3v) is 3.99. The zero-order valence-electron chi connectivity index (χ0n) is 10.4. The minimum Gasteiger partial charge on any atom is -0.351 e. The number of hydrogen-bond donors (Lipinski definition) is 2. The number of thiol groups is 1. The van der Waals surface area contributed by atoms with E-state index in [1.54, 1.807) is 0 Å². The molecule has 1 aromatic rings. The van der Waals surface area contributed by atoms with Gasteiger partial charge in [0.05, 0.1) is 4.88 Å². The Morgan fingerprint density at radius 1 is 1.29 bits per heavy atom. The van der Waals surface area contributed by atoms with Crippen LogP contribution in [0.3, 0.4) is 0 Å². The molecule has 0 aliphatic carbocycles. The average Bonchev–Trinajstić information content (AvgIpc) is 2.74. The fraction of sp³-hybridized carbons (Fsp3) is 0.615. The second-order valence-electron chi connectivity index (χ2n) is 4.19. The van der Waals surface area contributed by atoms with Crippen molar-refractivity contribution in [3.63, 3.8) is 0 Å². The van der Waals surface area contributed by atoms with Crippen molar-refractivity contribution in [1.29, 1.82) is 0 Å². The lowest BCUT2D eigenvalue weighted by atomic mass is 10.1. The first-order valence-electron chi connectivity index (χ1n) is 6.29. The first-order valence-corrected chi connectivity index (χ1v) is 7.62. The van der Waals surface area contributed by atoms with Crippen molar-refractivity contribution in [2.45, 2.75) is 50.3 Å². The van der Waals surface area contributed by atoms with E-state index in [9.17, 15) is 4.79 Å². The lowest BCUT2D eigenvalue weighted by molar-refractivity contribution is 0.0957. The molecule has 0 aromatic carbocycles. The summed E-state index contributed by atoms with van der Waals surface area (Å²) < 4.78 is 0. The Labute approximate surface area is 113 Å². The fourth-order valence-corrected chi connectivity index (χ4v) is 2.70. The molecule has 0 fully saturated rings. The molecule has 0 aliphatic heterocycles. The van der Waals surface area contributed by atoms with Crippen LogP contribution in [0.5, 0.6) is 0 Å². The second-order valence-corrected chi connectivity index (χ2v) is 5.62. The lowest BCUT2D eigenvalue weighted by Gasteiger charge is -2.03. The van der Waals surface area contributed by atoms with Crippen LogP contribution < -0.4 is 5.32 Å². The lowest BCUT2D eigenvalue weighted by Crippen LogP contribution is -2.23. The van der Waals surface area contributed by atoms with E-state index in [1.807, 2.05) is 11.4 Å². The van der Waals surface area contributed by atoms with E-state index >= 15 is 0 Å². The minimum atomic E-state index is 0.0314. The molecule has 1 amide bonds. The van der Waals surface area contributed by atoms with Crippen molar-refractivity contribution in [2.24, 2.45) is 0 Å². The maximum atomic E-state index is 11.7. The molecule has 0 saturated carbocycles. The summed E-state index contributed by atoms with van der Waals surface area (Å²) in [5.74, 6) is 0.0314. The summed E-state index contributed by atoms with van der Waals surface area (Å²) in [5.41, 5.74) is 0. The molecule has 2 nitrogen and oxygen atoms in total. The molecule has 17 heavy (non-hydrogen) atoms. The number of unbranched alkanes of at least 4 members (excludes halogenated alkanes) is 5. The van der Waals surface area contributed by atoms with Crippen LogP contribution in [0.15, 0.2) is 16.3 Å². The predicted molar refractivity (Wildman–Crippen MR) is 77.3 cm³/mol. The van der Waals surface area contributed by atoms with E-state index in [4.69, 9.17) is 0 Å². The van der Waals surface area contributed by atoms with E-state index in [0.717, 1.165) is 22.7 Å². The van der Waals surface area contributed by atoms with Gasteiger partial charge in [-0.1, -0.05) is 39.0 Å². The highest BCUT2D eigenvalue weighted by atomic mass is 32.1. The summed E-state index contributed by atoms with van der Waals surface area (Å²) in [6.45, 7) is 3.00. The van der Waals surface area contributed by atoms with Gasteiger partial charge in [-0.05, 0) is 12.5 Å². The molecule has 0 bridgehead atoms. The van der Waals surface area contributed by atoms with Gasteiger partial charge in [0.15, 0.2) is 0 Å². The van der Waals surface area contributed by atoms with Crippen LogP contribution in [-0.4, -0.2) is 12.5 Å². The molecule has 0 atom stereocenters. The fourth-order valence-electron chi connectivity index (χ4n) is 1.64. The molecule has 0 aliphatic rings. The third-order valence-electron chi connectivity index (χ3n) is 2.63. The number of rotatable bonds is 8. The Balaban J connectivity index is 2.05. The van der Waals surface area contributed by atoms with Gasteiger partial charge in [-0.15, -0.1) is 24.0 Å².